The summed E-state index contributed by atoms with van der Waals surface area (Å²) in [4.78, 5) is 1.22. The first-order valence-corrected chi connectivity index (χ1v) is 6.23. The average Bonchev–Trinajstić information content (AvgIpc) is 2.73. The van der Waals surface area contributed by atoms with Gasteiger partial charge in [-0.15, -0.1) is 11.3 Å². The van der Waals surface area contributed by atoms with Crippen molar-refractivity contribution in [1.82, 2.24) is 5.32 Å². The summed E-state index contributed by atoms with van der Waals surface area (Å²) < 4.78 is 40.1. The van der Waals surface area contributed by atoms with E-state index in [1.165, 1.54) is 4.88 Å². The number of hydrogen-bond donors (Lipinski definition) is 1. The molecule has 1 atom stereocenters. The molecule has 17 heavy (non-hydrogen) atoms. The predicted octanol–water partition coefficient (Wildman–Crippen LogP) is 2.85. The van der Waals surface area contributed by atoms with E-state index in [1.807, 2.05) is 24.6 Å². The molecule has 0 aliphatic heterocycles. The van der Waals surface area contributed by atoms with Crippen LogP contribution in [0.25, 0.3) is 0 Å². The summed E-state index contributed by atoms with van der Waals surface area (Å²) in [5.74, 6) is 0. The van der Waals surface area contributed by atoms with Crippen LogP contribution in [0.1, 0.15) is 11.3 Å². The topological polar surface area (TPSA) is 21.3 Å². The van der Waals surface area contributed by atoms with E-state index in [-0.39, 0.29) is 12.6 Å². The fourth-order valence-electron chi connectivity index (χ4n) is 1.43. The molecule has 0 amide bonds. The molecule has 6 heteroatoms. The third-order valence-corrected chi connectivity index (χ3v) is 3.21. The Bertz CT molecular complexity index is 300. The van der Waals surface area contributed by atoms with Crippen LogP contribution in [-0.2, 0) is 11.2 Å². The van der Waals surface area contributed by atoms with E-state index in [0.717, 1.165) is 6.42 Å². The molecule has 1 aromatic rings. The molecular weight excluding hydrogens is 251 g/mol. The average molecular weight is 267 g/mol. The first-order valence-electron chi connectivity index (χ1n) is 5.35. The standard InChI is InChI=1S/C11H16F3NOS/c1-15-9(7-10-3-2-6-17-10)4-5-16-8-11(12,13)14/h2-3,6,9,15H,4-5,7-8H2,1H3. The van der Waals surface area contributed by atoms with Crippen LogP contribution in [-0.4, -0.2) is 32.5 Å². The molecule has 0 aromatic carbocycles. The molecule has 0 aliphatic carbocycles. The Morgan fingerprint density at radius 2 is 2.24 bits per heavy atom. The quantitative estimate of drug-likeness (QED) is 0.767. The minimum Gasteiger partial charge on any atom is -0.372 e. The molecule has 0 saturated heterocycles. The molecule has 0 saturated carbocycles. The second-order valence-electron chi connectivity index (χ2n) is 3.73. The second kappa shape index (κ2) is 6.98. The summed E-state index contributed by atoms with van der Waals surface area (Å²) >= 11 is 1.65. The zero-order chi connectivity index (χ0) is 12.7. The van der Waals surface area contributed by atoms with Gasteiger partial charge in [0.1, 0.15) is 6.61 Å². The number of nitrogens with one attached hydrogen (secondary N) is 1. The zero-order valence-corrected chi connectivity index (χ0v) is 10.4. The summed E-state index contributed by atoms with van der Waals surface area (Å²) in [6.07, 6.45) is -2.84. The van der Waals surface area contributed by atoms with Crippen molar-refractivity contribution >= 4 is 11.3 Å². The summed E-state index contributed by atoms with van der Waals surface area (Å²) in [5, 5.41) is 5.07. The van der Waals surface area contributed by atoms with Crippen LogP contribution in [0.3, 0.4) is 0 Å². The number of halogens is 3. The van der Waals surface area contributed by atoms with Crippen molar-refractivity contribution in [2.45, 2.75) is 25.1 Å². The van der Waals surface area contributed by atoms with Gasteiger partial charge in [-0.1, -0.05) is 6.07 Å². The highest BCUT2D eigenvalue weighted by molar-refractivity contribution is 7.09. The first kappa shape index (κ1) is 14.5. The van der Waals surface area contributed by atoms with Gasteiger partial charge >= 0.3 is 6.18 Å². The normalized spacial score (nSPS) is 13.9. The van der Waals surface area contributed by atoms with Crippen LogP contribution in [0.4, 0.5) is 13.2 Å². The highest BCUT2D eigenvalue weighted by Gasteiger charge is 2.27. The number of thiophene rings is 1. The van der Waals surface area contributed by atoms with Crippen molar-refractivity contribution in [3.63, 3.8) is 0 Å². The SMILES string of the molecule is CNC(CCOCC(F)(F)F)Cc1cccs1. The Balaban J connectivity index is 2.19. The van der Waals surface area contributed by atoms with Gasteiger partial charge in [0.25, 0.3) is 0 Å². The molecular formula is C11H16F3NOS. The predicted molar refractivity (Wildman–Crippen MR) is 62.4 cm³/mol. The highest BCUT2D eigenvalue weighted by Crippen LogP contribution is 2.15. The molecule has 0 spiro atoms. The number of alkyl halides is 3. The zero-order valence-electron chi connectivity index (χ0n) is 9.59. The van der Waals surface area contributed by atoms with Crippen molar-refractivity contribution in [3.8, 4) is 0 Å². The van der Waals surface area contributed by atoms with Crippen LogP contribution in [0, 0.1) is 0 Å². The van der Waals surface area contributed by atoms with Gasteiger partial charge in [-0.05, 0) is 31.3 Å². The Morgan fingerprint density at radius 1 is 1.47 bits per heavy atom. The van der Waals surface area contributed by atoms with Crippen LogP contribution in [0.15, 0.2) is 17.5 Å². The van der Waals surface area contributed by atoms with Crippen LogP contribution < -0.4 is 5.32 Å². The first-order chi connectivity index (χ1) is 8.01. The maximum atomic E-state index is 11.8. The van der Waals surface area contributed by atoms with Gasteiger partial charge < -0.3 is 10.1 Å². The van der Waals surface area contributed by atoms with Crippen LogP contribution >= 0.6 is 11.3 Å². The molecule has 1 unspecified atom stereocenters. The molecule has 1 N–H and O–H groups in total. The van der Waals surface area contributed by atoms with Crippen molar-refractivity contribution < 1.29 is 17.9 Å². The third-order valence-electron chi connectivity index (χ3n) is 2.31. The van der Waals surface area contributed by atoms with Gasteiger partial charge in [-0.25, -0.2) is 0 Å². The van der Waals surface area contributed by atoms with Gasteiger partial charge in [0.15, 0.2) is 0 Å². The van der Waals surface area contributed by atoms with Crippen molar-refractivity contribution in [3.05, 3.63) is 22.4 Å². The Morgan fingerprint density at radius 3 is 2.76 bits per heavy atom. The van der Waals surface area contributed by atoms with Crippen molar-refractivity contribution in [2.75, 3.05) is 20.3 Å². The van der Waals surface area contributed by atoms with E-state index in [9.17, 15) is 13.2 Å². The van der Waals surface area contributed by atoms with Crippen molar-refractivity contribution in [2.24, 2.45) is 0 Å². The van der Waals surface area contributed by atoms with Gasteiger partial charge in [0.05, 0.1) is 0 Å². The fourth-order valence-corrected chi connectivity index (χ4v) is 2.22. The van der Waals surface area contributed by atoms with Crippen molar-refractivity contribution in [1.29, 1.82) is 0 Å². The summed E-state index contributed by atoms with van der Waals surface area (Å²) in [6.45, 7) is -1.04. The molecule has 0 radical (unpaired) electrons. The summed E-state index contributed by atoms with van der Waals surface area (Å²) in [7, 11) is 1.81. The molecule has 0 aliphatic rings. The van der Waals surface area contributed by atoms with Crippen LogP contribution in [0.2, 0.25) is 0 Å². The molecule has 0 fully saturated rings. The number of likely N-dealkylation sites (N-methyl/N-ethyl adjacent to an activating group) is 1. The lowest BCUT2D eigenvalue weighted by Crippen LogP contribution is -2.29. The van der Waals surface area contributed by atoms with Gasteiger partial charge in [0.2, 0.25) is 0 Å². The maximum absolute atomic E-state index is 11.8. The van der Waals surface area contributed by atoms with E-state index in [0.29, 0.717) is 6.42 Å². The van der Waals surface area contributed by atoms with E-state index < -0.39 is 12.8 Å². The van der Waals surface area contributed by atoms with E-state index in [4.69, 9.17) is 0 Å². The number of rotatable bonds is 7. The van der Waals surface area contributed by atoms with Gasteiger partial charge in [0, 0.05) is 17.5 Å². The molecule has 1 aromatic heterocycles. The van der Waals surface area contributed by atoms with Gasteiger partial charge in [-0.2, -0.15) is 13.2 Å². The van der Waals surface area contributed by atoms with E-state index in [1.54, 1.807) is 11.3 Å². The summed E-state index contributed by atoms with van der Waals surface area (Å²) in [5.41, 5.74) is 0. The Labute approximate surface area is 103 Å². The van der Waals surface area contributed by atoms with E-state index >= 15 is 0 Å². The minimum absolute atomic E-state index is 0.121. The van der Waals surface area contributed by atoms with E-state index in [2.05, 4.69) is 10.1 Å². The van der Waals surface area contributed by atoms with Gasteiger partial charge in [-0.3, -0.25) is 0 Å². The smallest absolute Gasteiger partial charge is 0.372 e. The lowest BCUT2D eigenvalue weighted by molar-refractivity contribution is -0.174. The highest BCUT2D eigenvalue weighted by atomic mass is 32.1. The lowest BCUT2D eigenvalue weighted by Gasteiger charge is -2.15. The monoisotopic (exact) mass is 267 g/mol. The summed E-state index contributed by atoms with van der Waals surface area (Å²) in [6, 6.07) is 4.14. The lowest BCUT2D eigenvalue weighted by atomic mass is 10.1. The maximum Gasteiger partial charge on any atom is 0.411 e. The Kier molecular flexibility index (Phi) is 5.94. The fraction of sp³-hybridized carbons (Fsp3) is 0.636. The molecule has 1 heterocycles. The minimum atomic E-state index is -4.23. The largest absolute Gasteiger partial charge is 0.411 e. The molecule has 98 valence electrons. The Hall–Kier alpha value is -0.590. The molecule has 1 rings (SSSR count). The number of hydrogen-bond acceptors (Lipinski definition) is 3. The number of ether oxygens (including phenoxy) is 1. The molecule has 2 nitrogen and oxygen atoms in total. The second-order valence-corrected chi connectivity index (χ2v) is 4.76. The third kappa shape index (κ3) is 6.65. The van der Waals surface area contributed by atoms with Crippen LogP contribution in [0.5, 0.6) is 0 Å². The molecule has 0 bridgehead atoms.